The second-order valence-electron chi connectivity index (χ2n) is 5.46. The summed E-state index contributed by atoms with van der Waals surface area (Å²) in [5.41, 5.74) is 1.47. The van der Waals surface area contributed by atoms with Crippen LogP contribution < -0.4 is 0 Å². The summed E-state index contributed by atoms with van der Waals surface area (Å²) in [5, 5.41) is 0. The molecule has 0 fully saturated rings. The van der Waals surface area contributed by atoms with Gasteiger partial charge in [-0.3, -0.25) is 9.59 Å². The van der Waals surface area contributed by atoms with Crippen LogP contribution in [0.3, 0.4) is 0 Å². The van der Waals surface area contributed by atoms with E-state index in [1.54, 1.807) is 6.92 Å². The molecule has 0 aliphatic carbocycles. The minimum Gasteiger partial charge on any atom is -0.451 e. The fourth-order valence-corrected chi connectivity index (χ4v) is 1.63. The molecule has 0 bridgehead atoms. The third kappa shape index (κ3) is 7.60. The summed E-state index contributed by atoms with van der Waals surface area (Å²) in [6, 6.07) is 0. The van der Waals surface area contributed by atoms with Crippen molar-refractivity contribution in [3.8, 4) is 0 Å². The summed E-state index contributed by atoms with van der Waals surface area (Å²) in [5.74, 6) is -0.552. The maximum atomic E-state index is 11.6. The molecular formula is C16H26O3. The summed E-state index contributed by atoms with van der Waals surface area (Å²) < 4.78 is 5.15. The number of allylic oxidation sites excluding steroid dienone is 3. The van der Waals surface area contributed by atoms with Crippen LogP contribution >= 0.6 is 0 Å². The number of esters is 1. The summed E-state index contributed by atoms with van der Waals surface area (Å²) in [4.78, 5) is 22.7. The molecular weight excluding hydrogens is 240 g/mol. The van der Waals surface area contributed by atoms with Gasteiger partial charge < -0.3 is 4.74 Å². The van der Waals surface area contributed by atoms with Crippen molar-refractivity contribution in [2.45, 2.75) is 66.4 Å². The van der Waals surface area contributed by atoms with E-state index in [0.29, 0.717) is 6.42 Å². The molecule has 0 rings (SSSR count). The fraction of sp³-hybridized carbons (Fsp3) is 0.625. The lowest BCUT2D eigenvalue weighted by Gasteiger charge is -2.25. The predicted molar refractivity (Wildman–Crippen MR) is 77.9 cm³/mol. The largest absolute Gasteiger partial charge is 0.451 e. The van der Waals surface area contributed by atoms with Crippen LogP contribution in [0.1, 0.15) is 60.8 Å². The molecule has 1 atom stereocenters. The Kier molecular flexibility index (Phi) is 7.35. The van der Waals surface area contributed by atoms with Gasteiger partial charge in [0.1, 0.15) is 0 Å². The Balaban J connectivity index is 4.57. The Morgan fingerprint density at radius 1 is 1.05 bits per heavy atom. The zero-order valence-corrected chi connectivity index (χ0v) is 13.0. The van der Waals surface area contributed by atoms with E-state index in [1.807, 2.05) is 13.0 Å². The second kappa shape index (κ2) is 7.93. The normalized spacial score (nSPS) is 14.5. The van der Waals surface area contributed by atoms with Gasteiger partial charge in [-0.05, 0) is 47.5 Å². The Morgan fingerprint density at radius 2 is 1.63 bits per heavy atom. The molecule has 0 radical (unpaired) electrons. The van der Waals surface area contributed by atoms with Gasteiger partial charge in [0, 0.05) is 13.3 Å². The highest BCUT2D eigenvalue weighted by atomic mass is 16.6. The molecule has 0 N–H and O–H groups in total. The van der Waals surface area contributed by atoms with Crippen molar-refractivity contribution >= 4 is 11.8 Å². The highest BCUT2D eigenvalue weighted by Gasteiger charge is 2.31. The molecule has 108 valence electrons. The number of hydrogen-bond acceptors (Lipinski definition) is 3. The first-order valence-corrected chi connectivity index (χ1v) is 6.67. The molecule has 0 aliphatic heterocycles. The zero-order valence-electron chi connectivity index (χ0n) is 13.0. The minimum atomic E-state index is -1.04. The smallest absolute Gasteiger partial charge is 0.303 e. The molecule has 1 unspecified atom stereocenters. The summed E-state index contributed by atoms with van der Waals surface area (Å²) in [7, 11) is 0. The molecule has 0 saturated heterocycles. The average Bonchev–Trinajstić information content (AvgIpc) is 2.24. The van der Waals surface area contributed by atoms with E-state index in [0.717, 1.165) is 12.8 Å². The van der Waals surface area contributed by atoms with E-state index in [2.05, 4.69) is 19.9 Å². The summed E-state index contributed by atoms with van der Waals surface area (Å²) in [6.45, 7) is 10.6. The number of hydrogen-bond donors (Lipinski definition) is 0. The lowest BCUT2D eigenvalue weighted by atomic mass is 9.95. The van der Waals surface area contributed by atoms with Gasteiger partial charge in [-0.25, -0.2) is 0 Å². The van der Waals surface area contributed by atoms with Gasteiger partial charge in [-0.15, -0.1) is 0 Å². The third-order valence-electron chi connectivity index (χ3n) is 3.05. The van der Waals surface area contributed by atoms with Gasteiger partial charge in [-0.2, -0.15) is 0 Å². The lowest BCUT2D eigenvalue weighted by molar-refractivity contribution is -0.162. The Morgan fingerprint density at radius 3 is 2.05 bits per heavy atom. The fourth-order valence-electron chi connectivity index (χ4n) is 1.63. The highest BCUT2D eigenvalue weighted by Crippen LogP contribution is 2.20. The maximum absolute atomic E-state index is 11.6. The number of ether oxygens (including phenoxy) is 1. The Hall–Kier alpha value is -1.38. The monoisotopic (exact) mass is 266 g/mol. The van der Waals surface area contributed by atoms with Gasteiger partial charge in [0.05, 0.1) is 0 Å². The average molecular weight is 266 g/mol. The molecule has 0 spiro atoms. The van der Waals surface area contributed by atoms with Crippen LogP contribution in [0.2, 0.25) is 0 Å². The second-order valence-corrected chi connectivity index (χ2v) is 5.46. The third-order valence-corrected chi connectivity index (χ3v) is 3.05. The number of carbonyl (C=O) groups excluding carboxylic acids is 2. The molecule has 0 aromatic carbocycles. The Bertz CT molecular complexity index is 387. The van der Waals surface area contributed by atoms with E-state index in [4.69, 9.17) is 4.74 Å². The van der Waals surface area contributed by atoms with Crippen molar-refractivity contribution in [2.24, 2.45) is 0 Å². The molecule has 0 saturated carbocycles. The van der Waals surface area contributed by atoms with Crippen LogP contribution in [0.25, 0.3) is 0 Å². The van der Waals surface area contributed by atoms with E-state index in [9.17, 15) is 9.59 Å². The van der Waals surface area contributed by atoms with Crippen LogP contribution in [0.15, 0.2) is 23.3 Å². The molecule has 0 aromatic heterocycles. The van der Waals surface area contributed by atoms with E-state index in [-0.39, 0.29) is 5.78 Å². The van der Waals surface area contributed by atoms with Gasteiger partial charge >= 0.3 is 5.97 Å². The standard InChI is InChI=1S/C16H26O3/c1-12(2)8-7-9-13(3)10-11-16(6,14(4)17)19-15(5)18/h8,10H,7,9,11H2,1-6H3/b13-10-. The van der Waals surface area contributed by atoms with Crippen molar-refractivity contribution in [3.05, 3.63) is 23.3 Å². The first-order valence-electron chi connectivity index (χ1n) is 6.67. The SMILES string of the molecule is CC(=O)OC(C)(C/C=C(/C)CCC=C(C)C)C(C)=O. The van der Waals surface area contributed by atoms with Crippen LogP contribution in [0.4, 0.5) is 0 Å². The van der Waals surface area contributed by atoms with Crippen LogP contribution in [-0.2, 0) is 14.3 Å². The van der Waals surface area contributed by atoms with Crippen molar-refractivity contribution in [1.29, 1.82) is 0 Å². The van der Waals surface area contributed by atoms with Crippen molar-refractivity contribution < 1.29 is 14.3 Å². The number of ketones is 1. The van der Waals surface area contributed by atoms with Crippen molar-refractivity contribution in [3.63, 3.8) is 0 Å². The van der Waals surface area contributed by atoms with Crippen molar-refractivity contribution in [1.82, 2.24) is 0 Å². The van der Waals surface area contributed by atoms with E-state index >= 15 is 0 Å². The maximum Gasteiger partial charge on any atom is 0.303 e. The molecule has 0 amide bonds. The van der Waals surface area contributed by atoms with E-state index < -0.39 is 11.6 Å². The molecule has 0 aromatic rings. The zero-order chi connectivity index (χ0) is 15.1. The quantitative estimate of drug-likeness (QED) is 0.517. The number of rotatable bonds is 7. The molecule has 0 aliphatic rings. The van der Waals surface area contributed by atoms with E-state index in [1.165, 1.54) is 25.0 Å². The summed E-state index contributed by atoms with van der Waals surface area (Å²) in [6.07, 6.45) is 6.56. The molecule has 3 heteroatoms. The van der Waals surface area contributed by atoms with Crippen LogP contribution in [0, 0.1) is 0 Å². The predicted octanol–water partition coefficient (Wildman–Crippen LogP) is 3.98. The minimum absolute atomic E-state index is 0.129. The molecule has 0 heterocycles. The van der Waals surface area contributed by atoms with Crippen molar-refractivity contribution in [2.75, 3.05) is 0 Å². The molecule has 3 nitrogen and oxygen atoms in total. The number of carbonyl (C=O) groups is 2. The van der Waals surface area contributed by atoms with Gasteiger partial charge in [0.15, 0.2) is 11.4 Å². The highest BCUT2D eigenvalue weighted by molar-refractivity contribution is 5.87. The van der Waals surface area contributed by atoms with Gasteiger partial charge in [0.2, 0.25) is 0 Å². The van der Waals surface area contributed by atoms with Crippen LogP contribution in [-0.4, -0.2) is 17.4 Å². The Labute approximate surface area is 116 Å². The van der Waals surface area contributed by atoms with Crippen LogP contribution in [0.5, 0.6) is 0 Å². The summed E-state index contributed by atoms with van der Waals surface area (Å²) >= 11 is 0. The van der Waals surface area contributed by atoms with Gasteiger partial charge in [-0.1, -0.05) is 23.3 Å². The first kappa shape index (κ1) is 17.6. The van der Waals surface area contributed by atoms with Gasteiger partial charge in [0.25, 0.3) is 0 Å². The molecule has 19 heavy (non-hydrogen) atoms. The first-order chi connectivity index (χ1) is 8.67. The topological polar surface area (TPSA) is 43.4 Å². The number of Topliss-reactive ketones (excluding diaryl/α,β-unsaturated/α-hetero) is 1. The lowest BCUT2D eigenvalue weighted by Crippen LogP contribution is -2.37.